The number of aryl methyl sites for hydroxylation is 1. The molecule has 0 fully saturated rings. The molecular formula is C12H11BrClNOS2. The van der Waals surface area contributed by atoms with Gasteiger partial charge in [0.2, 0.25) is 0 Å². The molecule has 0 aromatic carbocycles. The van der Waals surface area contributed by atoms with Crippen LogP contribution in [-0.2, 0) is 6.42 Å². The lowest BCUT2D eigenvalue weighted by molar-refractivity contribution is 0.0958. The van der Waals surface area contributed by atoms with Gasteiger partial charge < -0.3 is 5.32 Å². The van der Waals surface area contributed by atoms with Gasteiger partial charge in [-0.1, -0.05) is 11.6 Å². The van der Waals surface area contributed by atoms with Crippen molar-refractivity contribution in [2.75, 3.05) is 6.54 Å². The lowest BCUT2D eigenvalue weighted by Gasteiger charge is -2.01. The second-order valence-electron chi connectivity index (χ2n) is 3.78. The normalized spacial score (nSPS) is 10.6. The van der Waals surface area contributed by atoms with Crippen LogP contribution >= 0.6 is 50.2 Å². The number of rotatable bonds is 4. The Hall–Kier alpha value is -0.360. The minimum Gasteiger partial charge on any atom is -0.351 e. The van der Waals surface area contributed by atoms with Gasteiger partial charge in [-0.2, -0.15) is 0 Å². The van der Waals surface area contributed by atoms with Gasteiger partial charge in [0.25, 0.3) is 5.91 Å². The predicted octanol–water partition coefficient (Wildman–Crippen LogP) is 4.51. The second kappa shape index (κ2) is 6.19. The van der Waals surface area contributed by atoms with Gasteiger partial charge in [0.05, 0.1) is 13.0 Å². The maximum atomic E-state index is 11.9. The summed E-state index contributed by atoms with van der Waals surface area (Å²) >= 11 is 12.3. The fourth-order valence-electron chi connectivity index (χ4n) is 1.44. The number of nitrogens with one attached hydrogen (secondary N) is 1. The quantitative estimate of drug-likeness (QED) is 0.850. The number of thiophene rings is 2. The van der Waals surface area contributed by atoms with E-state index in [-0.39, 0.29) is 5.91 Å². The molecule has 0 aliphatic carbocycles. The van der Waals surface area contributed by atoms with E-state index in [1.165, 1.54) is 16.2 Å². The van der Waals surface area contributed by atoms with E-state index in [1.807, 2.05) is 25.1 Å². The van der Waals surface area contributed by atoms with Crippen molar-refractivity contribution in [1.29, 1.82) is 0 Å². The van der Waals surface area contributed by atoms with Gasteiger partial charge in [0.15, 0.2) is 0 Å². The average molecular weight is 365 g/mol. The smallest absolute Gasteiger partial charge is 0.261 e. The van der Waals surface area contributed by atoms with Crippen molar-refractivity contribution in [2.45, 2.75) is 13.3 Å². The minimum absolute atomic E-state index is 0.0172. The van der Waals surface area contributed by atoms with Crippen molar-refractivity contribution in [3.8, 4) is 0 Å². The van der Waals surface area contributed by atoms with Crippen LogP contribution in [0.2, 0.25) is 4.34 Å². The Labute approximate surface area is 127 Å². The van der Waals surface area contributed by atoms with Gasteiger partial charge in [-0.15, -0.1) is 22.7 Å². The Kier molecular flexibility index (Phi) is 4.84. The SMILES string of the molecule is Cc1cc(C(=O)NCCc2ccc(Cl)s2)sc1Br. The van der Waals surface area contributed by atoms with Crippen LogP contribution in [-0.4, -0.2) is 12.5 Å². The van der Waals surface area contributed by atoms with Crippen LogP contribution in [0.15, 0.2) is 22.0 Å². The van der Waals surface area contributed by atoms with Crippen molar-refractivity contribution in [3.63, 3.8) is 0 Å². The molecule has 0 saturated carbocycles. The molecule has 1 N–H and O–H groups in total. The zero-order valence-corrected chi connectivity index (χ0v) is 13.6. The summed E-state index contributed by atoms with van der Waals surface area (Å²) < 4.78 is 1.80. The molecule has 0 radical (unpaired) electrons. The van der Waals surface area contributed by atoms with E-state index in [9.17, 15) is 4.79 Å². The summed E-state index contributed by atoms with van der Waals surface area (Å²) in [7, 11) is 0. The van der Waals surface area contributed by atoms with E-state index in [0.717, 1.165) is 25.0 Å². The number of hydrogen-bond acceptors (Lipinski definition) is 3. The van der Waals surface area contributed by atoms with Crippen LogP contribution in [0, 0.1) is 6.92 Å². The molecule has 18 heavy (non-hydrogen) atoms. The van der Waals surface area contributed by atoms with Gasteiger partial charge in [0, 0.05) is 11.4 Å². The third-order valence-corrected chi connectivity index (χ3v) is 5.79. The summed E-state index contributed by atoms with van der Waals surface area (Å²) in [5.74, 6) is -0.0172. The number of halogens is 2. The predicted molar refractivity (Wildman–Crippen MR) is 82.1 cm³/mol. The fourth-order valence-corrected chi connectivity index (χ4v) is 3.98. The molecule has 2 nitrogen and oxygen atoms in total. The lowest BCUT2D eigenvalue weighted by Crippen LogP contribution is -2.24. The van der Waals surface area contributed by atoms with E-state index in [1.54, 1.807) is 11.3 Å². The summed E-state index contributed by atoms with van der Waals surface area (Å²) in [5.41, 5.74) is 1.09. The Morgan fingerprint density at radius 2 is 2.22 bits per heavy atom. The summed E-state index contributed by atoms with van der Waals surface area (Å²) in [6, 6.07) is 5.76. The zero-order chi connectivity index (χ0) is 13.1. The van der Waals surface area contributed by atoms with E-state index < -0.39 is 0 Å². The van der Waals surface area contributed by atoms with Crippen LogP contribution in [0.4, 0.5) is 0 Å². The summed E-state index contributed by atoms with van der Waals surface area (Å²) in [6.07, 6.45) is 0.814. The highest BCUT2D eigenvalue weighted by Gasteiger charge is 2.10. The molecule has 2 aromatic rings. The van der Waals surface area contributed by atoms with Crippen molar-refractivity contribution in [3.05, 3.63) is 41.6 Å². The van der Waals surface area contributed by atoms with Crippen molar-refractivity contribution >= 4 is 56.1 Å². The van der Waals surface area contributed by atoms with E-state index in [4.69, 9.17) is 11.6 Å². The van der Waals surface area contributed by atoms with Crippen LogP contribution in [0.25, 0.3) is 0 Å². The lowest BCUT2D eigenvalue weighted by atomic mass is 10.3. The zero-order valence-electron chi connectivity index (χ0n) is 9.63. The first-order valence-electron chi connectivity index (χ1n) is 5.34. The number of amides is 1. The van der Waals surface area contributed by atoms with Crippen LogP contribution < -0.4 is 5.32 Å². The fraction of sp³-hybridized carbons (Fsp3) is 0.250. The highest BCUT2D eigenvalue weighted by molar-refractivity contribution is 9.11. The third-order valence-electron chi connectivity index (χ3n) is 2.37. The Morgan fingerprint density at radius 1 is 1.44 bits per heavy atom. The Morgan fingerprint density at radius 3 is 2.78 bits per heavy atom. The molecule has 0 saturated heterocycles. The minimum atomic E-state index is -0.0172. The molecule has 2 aromatic heterocycles. The van der Waals surface area contributed by atoms with Crippen LogP contribution in [0.5, 0.6) is 0 Å². The van der Waals surface area contributed by atoms with Gasteiger partial charge in [-0.3, -0.25) is 4.79 Å². The largest absolute Gasteiger partial charge is 0.351 e. The third kappa shape index (κ3) is 3.57. The molecular weight excluding hydrogens is 354 g/mol. The van der Waals surface area contributed by atoms with Crippen molar-refractivity contribution in [2.24, 2.45) is 0 Å². The van der Waals surface area contributed by atoms with Crippen molar-refractivity contribution < 1.29 is 4.79 Å². The molecule has 0 spiro atoms. The van der Waals surface area contributed by atoms with Gasteiger partial charge >= 0.3 is 0 Å². The Balaban J connectivity index is 1.85. The number of hydrogen-bond donors (Lipinski definition) is 1. The summed E-state index contributed by atoms with van der Waals surface area (Å²) in [4.78, 5) is 13.8. The second-order valence-corrected chi connectivity index (χ2v) is 7.95. The van der Waals surface area contributed by atoms with E-state index >= 15 is 0 Å². The monoisotopic (exact) mass is 363 g/mol. The first kappa shape index (κ1) is 14.1. The molecule has 6 heteroatoms. The maximum absolute atomic E-state index is 11.9. The maximum Gasteiger partial charge on any atom is 0.261 e. The van der Waals surface area contributed by atoms with Crippen LogP contribution in [0.1, 0.15) is 20.1 Å². The number of carbonyl (C=O) groups is 1. The van der Waals surface area contributed by atoms with Crippen LogP contribution in [0.3, 0.4) is 0 Å². The summed E-state index contributed by atoms with van der Waals surface area (Å²) in [5, 5.41) is 2.91. The first-order chi connectivity index (χ1) is 8.56. The Bertz CT molecular complexity index is 545. The van der Waals surface area contributed by atoms with Crippen molar-refractivity contribution in [1.82, 2.24) is 5.32 Å². The van der Waals surface area contributed by atoms with Gasteiger partial charge in [-0.05, 0) is 53.0 Å². The van der Waals surface area contributed by atoms with Gasteiger partial charge in [0.1, 0.15) is 0 Å². The molecule has 0 unspecified atom stereocenters. The van der Waals surface area contributed by atoms with Gasteiger partial charge in [-0.25, -0.2) is 0 Å². The molecule has 0 atom stereocenters. The molecule has 2 heterocycles. The molecule has 2 rings (SSSR count). The molecule has 0 bridgehead atoms. The van der Waals surface area contributed by atoms with E-state index in [2.05, 4.69) is 21.2 Å². The first-order valence-corrected chi connectivity index (χ1v) is 8.15. The van der Waals surface area contributed by atoms with E-state index in [0.29, 0.717) is 6.54 Å². The summed E-state index contributed by atoms with van der Waals surface area (Å²) in [6.45, 7) is 2.61. The topological polar surface area (TPSA) is 29.1 Å². The molecule has 0 aliphatic rings. The molecule has 96 valence electrons. The highest BCUT2D eigenvalue weighted by atomic mass is 79.9. The molecule has 1 amide bonds. The standard InChI is InChI=1S/C12H11BrClNOS2/c1-7-6-9(18-11(7)13)12(16)15-5-4-8-2-3-10(14)17-8/h2-3,6H,4-5H2,1H3,(H,15,16). The molecule has 0 aliphatic heterocycles. The highest BCUT2D eigenvalue weighted by Crippen LogP contribution is 2.27. The number of carbonyl (C=O) groups excluding carboxylic acids is 1. The average Bonchev–Trinajstić information content (AvgIpc) is 2.87.